The van der Waals surface area contributed by atoms with Crippen LogP contribution in [0.2, 0.25) is 0 Å². The number of hydrogen-bond acceptors (Lipinski definition) is 6. The maximum absolute atomic E-state index is 13.4. The zero-order chi connectivity index (χ0) is 23.3. The van der Waals surface area contributed by atoms with Gasteiger partial charge in [0.15, 0.2) is 5.75 Å². The topological polar surface area (TPSA) is 121 Å². The van der Waals surface area contributed by atoms with Crippen molar-refractivity contribution in [3.63, 3.8) is 0 Å². The summed E-state index contributed by atoms with van der Waals surface area (Å²) in [5, 5.41) is 20.6. The third kappa shape index (κ3) is 3.53. The van der Waals surface area contributed by atoms with E-state index in [4.69, 9.17) is 4.55 Å². The normalized spacial score (nSPS) is 12.3. The number of aryl methyl sites for hydroxylation is 1. The van der Waals surface area contributed by atoms with E-state index in [1.165, 1.54) is 24.3 Å². The zero-order valence-corrected chi connectivity index (χ0v) is 18.1. The number of aromatic hydroxyl groups is 1. The van der Waals surface area contributed by atoms with Crippen LogP contribution in [-0.4, -0.2) is 28.6 Å². The first-order valence-corrected chi connectivity index (χ1v) is 11.4. The van der Waals surface area contributed by atoms with Crippen LogP contribution in [0.1, 0.15) is 15.9 Å². The van der Waals surface area contributed by atoms with Crippen LogP contribution in [0, 0.1) is 6.92 Å². The van der Waals surface area contributed by atoms with Crippen molar-refractivity contribution >= 4 is 49.2 Å². The second kappa shape index (κ2) is 7.51. The molecule has 0 fully saturated rings. The van der Waals surface area contributed by atoms with Gasteiger partial charge in [-0.15, -0.1) is 5.11 Å². The first-order chi connectivity index (χ1) is 15.7. The minimum Gasteiger partial charge on any atom is -0.505 e. The van der Waals surface area contributed by atoms with Crippen LogP contribution in [0.15, 0.2) is 87.9 Å². The molecule has 2 bridgehead atoms. The van der Waals surface area contributed by atoms with Crippen LogP contribution in [0.4, 0.5) is 11.4 Å². The Morgan fingerprint density at radius 1 is 0.939 bits per heavy atom. The Hall–Kier alpha value is -4.08. The molecule has 0 unspecified atom stereocenters. The molecule has 9 heteroatoms. The number of rotatable bonds is 4. The number of phenols is 1. The summed E-state index contributed by atoms with van der Waals surface area (Å²) in [6, 6.07) is 19.5. The van der Waals surface area contributed by atoms with Gasteiger partial charge in [-0.25, -0.2) is 0 Å². The minimum atomic E-state index is -4.32. The molecule has 2 heterocycles. The van der Waals surface area contributed by atoms with Crippen molar-refractivity contribution in [2.75, 3.05) is 0 Å². The van der Waals surface area contributed by atoms with E-state index >= 15 is 0 Å². The van der Waals surface area contributed by atoms with Gasteiger partial charge in [0.25, 0.3) is 16.0 Å². The molecule has 164 valence electrons. The third-order valence-corrected chi connectivity index (χ3v) is 6.38. The van der Waals surface area contributed by atoms with Gasteiger partial charge in [-0.05, 0) is 66.4 Å². The van der Waals surface area contributed by atoms with E-state index in [0.29, 0.717) is 16.5 Å². The summed E-state index contributed by atoms with van der Waals surface area (Å²) in [6.45, 7) is 1.92. The smallest absolute Gasteiger partial charge is 0.294 e. The van der Waals surface area contributed by atoms with E-state index in [1.807, 2.05) is 37.3 Å². The van der Waals surface area contributed by atoms with Gasteiger partial charge in [-0.3, -0.25) is 13.9 Å². The van der Waals surface area contributed by atoms with Crippen LogP contribution >= 0.6 is 0 Å². The van der Waals surface area contributed by atoms with E-state index in [2.05, 4.69) is 10.2 Å². The van der Waals surface area contributed by atoms with Crippen molar-refractivity contribution in [1.82, 2.24) is 4.57 Å². The predicted octanol–water partition coefficient (Wildman–Crippen LogP) is 5.60. The number of azo groups is 1. The monoisotopic (exact) mass is 459 g/mol. The Bertz CT molecular complexity index is 1670. The summed E-state index contributed by atoms with van der Waals surface area (Å²) in [7, 11) is -4.32. The second-order valence-corrected chi connectivity index (χ2v) is 9.04. The Labute approximate surface area is 188 Å². The highest BCUT2D eigenvalue weighted by molar-refractivity contribution is 7.85. The average Bonchev–Trinajstić information content (AvgIpc) is 3.34. The van der Waals surface area contributed by atoms with Crippen LogP contribution in [-0.2, 0) is 10.1 Å². The van der Waals surface area contributed by atoms with Crippen molar-refractivity contribution in [2.24, 2.45) is 10.2 Å². The van der Waals surface area contributed by atoms with Gasteiger partial charge < -0.3 is 5.11 Å². The molecule has 0 aliphatic heterocycles. The molecule has 33 heavy (non-hydrogen) atoms. The molecule has 0 aliphatic rings. The van der Waals surface area contributed by atoms with Crippen molar-refractivity contribution in [2.45, 2.75) is 11.8 Å². The maximum atomic E-state index is 13.4. The largest absolute Gasteiger partial charge is 0.505 e. The van der Waals surface area contributed by atoms with Crippen LogP contribution in [0.5, 0.6) is 5.75 Å². The molecule has 5 rings (SSSR count). The molecule has 3 aromatic carbocycles. The molecular formula is C24H17N3O5S. The Morgan fingerprint density at radius 2 is 1.67 bits per heavy atom. The van der Waals surface area contributed by atoms with Gasteiger partial charge in [0.05, 0.1) is 21.7 Å². The number of carbonyl (C=O) groups excluding carboxylic acids is 1. The lowest BCUT2D eigenvalue weighted by Gasteiger charge is -2.11. The number of phenolic OH excluding ortho intramolecular Hbond substituents is 1. The first-order valence-electron chi connectivity index (χ1n) is 9.93. The molecule has 2 aromatic heterocycles. The number of benzene rings is 4. The molecule has 2 N–H and O–H groups in total. The van der Waals surface area contributed by atoms with E-state index in [1.54, 1.807) is 22.8 Å². The van der Waals surface area contributed by atoms with Gasteiger partial charge in [0.1, 0.15) is 5.69 Å². The number of hydrogen-bond donors (Lipinski definition) is 2. The number of aromatic nitrogens is 1. The van der Waals surface area contributed by atoms with Gasteiger partial charge in [0.2, 0.25) is 0 Å². The van der Waals surface area contributed by atoms with Gasteiger partial charge in [0, 0.05) is 10.9 Å². The van der Waals surface area contributed by atoms with Crippen molar-refractivity contribution in [3.8, 4) is 5.75 Å². The molecular weight excluding hydrogens is 442 g/mol. The fourth-order valence-electron chi connectivity index (χ4n) is 3.89. The van der Waals surface area contributed by atoms with Crippen molar-refractivity contribution in [1.29, 1.82) is 0 Å². The molecule has 0 radical (unpaired) electrons. The summed E-state index contributed by atoms with van der Waals surface area (Å²) in [5.41, 5.74) is 2.98. The second-order valence-electron chi connectivity index (χ2n) is 7.62. The summed E-state index contributed by atoms with van der Waals surface area (Å²) < 4.78 is 33.1. The highest BCUT2D eigenvalue weighted by Crippen LogP contribution is 2.40. The Kier molecular flexibility index (Phi) is 4.73. The highest BCUT2D eigenvalue weighted by atomic mass is 32.2. The van der Waals surface area contributed by atoms with E-state index in [0.717, 1.165) is 16.6 Å². The van der Waals surface area contributed by atoms with Gasteiger partial charge in [-0.2, -0.15) is 13.5 Å². The van der Waals surface area contributed by atoms with E-state index in [-0.39, 0.29) is 27.8 Å². The summed E-state index contributed by atoms with van der Waals surface area (Å²) >= 11 is 0. The number of nitrogens with zero attached hydrogens (tertiary/aromatic N) is 3. The van der Waals surface area contributed by atoms with Crippen LogP contribution in [0.25, 0.3) is 21.8 Å². The van der Waals surface area contributed by atoms with Gasteiger partial charge in [-0.1, -0.05) is 24.3 Å². The summed E-state index contributed by atoms with van der Waals surface area (Å²) in [5.74, 6) is -0.683. The standard InChI is InChI=1S/C24H17N3O5S/c1-14-12-17-8-11-21(14)27(17)24(29)20-13-15-4-2-3-5-19(15)22(23(20)28)26-25-16-6-9-18(10-7-16)33(30,31)32/h2-13,28H,1H3,(H,30,31,32). The van der Waals surface area contributed by atoms with Gasteiger partial charge >= 0.3 is 0 Å². The number of carbonyl (C=O) groups is 1. The van der Waals surface area contributed by atoms with E-state index in [9.17, 15) is 18.3 Å². The highest BCUT2D eigenvalue weighted by Gasteiger charge is 2.23. The van der Waals surface area contributed by atoms with Crippen molar-refractivity contribution in [3.05, 3.63) is 83.9 Å². The zero-order valence-electron chi connectivity index (χ0n) is 17.3. The minimum absolute atomic E-state index is 0.0890. The SMILES string of the molecule is Cc1cc2ccc1n2C(=O)c1cc2ccccc2c(N=Nc2ccc(S(=O)(=O)O)cc2)c1O. The molecule has 0 spiro atoms. The van der Waals surface area contributed by atoms with Crippen LogP contribution < -0.4 is 0 Å². The first kappa shape index (κ1) is 20.8. The molecule has 0 saturated carbocycles. The molecule has 0 saturated heterocycles. The Balaban J connectivity index is 1.62. The molecule has 0 amide bonds. The lowest BCUT2D eigenvalue weighted by molar-refractivity contribution is 0.0967. The number of fused-ring (bicyclic) bond motifs is 3. The fourth-order valence-corrected chi connectivity index (χ4v) is 4.37. The predicted molar refractivity (Wildman–Crippen MR) is 124 cm³/mol. The fraction of sp³-hybridized carbons (Fsp3) is 0.0417. The van der Waals surface area contributed by atoms with Crippen molar-refractivity contribution < 1.29 is 22.9 Å². The lowest BCUT2D eigenvalue weighted by Crippen LogP contribution is -2.10. The molecule has 0 aliphatic carbocycles. The Morgan fingerprint density at radius 3 is 2.30 bits per heavy atom. The summed E-state index contributed by atoms with van der Waals surface area (Å²) in [6.07, 6.45) is 0. The molecule has 0 atom stereocenters. The quantitative estimate of drug-likeness (QED) is 0.268. The third-order valence-electron chi connectivity index (χ3n) is 5.51. The summed E-state index contributed by atoms with van der Waals surface area (Å²) in [4.78, 5) is 13.1. The lowest BCUT2D eigenvalue weighted by atomic mass is 10.0. The average molecular weight is 459 g/mol. The van der Waals surface area contributed by atoms with E-state index < -0.39 is 10.1 Å². The van der Waals surface area contributed by atoms with Crippen LogP contribution in [0.3, 0.4) is 0 Å². The molecule has 8 nitrogen and oxygen atoms in total. The molecule has 5 aromatic rings. The maximum Gasteiger partial charge on any atom is 0.294 e.